The van der Waals surface area contributed by atoms with Crippen molar-refractivity contribution in [3.05, 3.63) is 58.5 Å². The quantitative estimate of drug-likeness (QED) is 0.698. The number of amides is 1. The molecule has 1 amide bonds. The molecule has 0 spiro atoms. The molecule has 1 saturated heterocycles. The molecule has 1 aliphatic heterocycles. The van der Waals surface area contributed by atoms with Gasteiger partial charge in [-0.3, -0.25) is 9.59 Å². The van der Waals surface area contributed by atoms with E-state index in [-0.39, 0.29) is 23.6 Å². The van der Waals surface area contributed by atoms with Gasteiger partial charge in [0.1, 0.15) is 5.82 Å². The maximum Gasteiger partial charge on any atom is 0.267 e. The fourth-order valence-corrected chi connectivity index (χ4v) is 3.95. The molecule has 7 heteroatoms. The van der Waals surface area contributed by atoms with Gasteiger partial charge in [0, 0.05) is 42.5 Å². The van der Waals surface area contributed by atoms with Crippen LogP contribution in [0.15, 0.2) is 47.4 Å². The van der Waals surface area contributed by atoms with Crippen LogP contribution in [0.1, 0.15) is 49.5 Å². The first kappa shape index (κ1) is 19.2. The zero-order valence-corrected chi connectivity index (χ0v) is 16.9. The molecule has 0 saturated carbocycles. The van der Waals surface area contributed by atoms with Crippen LogP contribution in [-0.2, 0) is 0 Å². The molecule has 0 bridgehead atoms. The minimum absolute atomic E-state index is 0.00769. The number of anilines is 1. The highest BCUT2D eigenvalue weighted by molar-refractivity contribution is 5.97. The summed E-state index contributed by atoms with van der Waals surface area (Å²) in [6.07, 6.45) is 5.06. The van der Waals surface area contributed by atoms with Crippen molar-refractivity contribution in [2.75, 3.05) is 18.0 Å². The third kappa shape index (κ3) is 4.04. The Hall–Kier alpha value is -3.09. The topological polar surface area (TPSA) is 83.0 Å². The van der Waals surface area contributed by atoms with Crippen LogP contribution in [0.2, 0.25) is 0 Å². The maximum absolute atomic E-state index is 12.7. The molecule has 7 nitrogen and oxygen atoms in total. The van der Waals surface area contributed by atoms with Crippen molar-refractivity contribution in [2.45, 2.75) is 45.2 Å². The second kappa shape index (κ2) is 8.11. The summed E-state index contributed by atoms with van der Waals surface area (Å²) in [7, 11) is 0. The van der Waals surface area contributed by atoms with Crippen LogP contribution >= 0.6 is 0 Å². The van der Waals surface area contributed by atoms with Crippen LogP contribution in [0, 0.1) is 0 Å². The Morgan fingerprint density at radius 3 is 2.93 bits per heavy atom. The average molecular weight is 393 g/mol. The minimum Gasteiger partial charge on any atom is -0.361 e. The lowest BCUT2D eigenvalue weighted by molar-refractivity contribution is 0.0949. The van der Waals surface area contributed by atoms with Gasteiger partial charge < -0.3 is 15.2 Å². The number of hydrogen-bond donors (Lipinski definition) is 2. The molecule has 1 fully saturated rings. The first-order valence-electron chi connectivity index (χ1n) is 10.2. The maximum atomic E-state index is 12.7. The van der Waals surface area contributed by atoms with Crippen molar-refractivity contribution < 1.29 is 4.79 Å². The van der Waals surface area contributed by atoms with Crippen LogP contribution in [0.4, 0.5) is 5.82 Å². The Morgan fingerprint density at radius 1 is 1.24 bits per heavy atom. The molecule has 1 aromatic carbocycles. The second-order valence-electron chi connectivity index (χ2n) is 7.90. The van der Waals surface area contributed by atoms with Gasteiger partial charge in [-0.1, -0.05) is 6.07 Å². The van der Waals surface area contributed by atoms with Crippen LogP contribution in [0.25, 0.3) is 10.9 Å². The highest BCUT2D eigenvalue weighted by Crippen LogP contribution is 2.22. The van der Waals surface area contributed by atoms with Gasteiger partial charge in [-0.05, 0) is 62.8 Å². The SMILES string of the molecule is CC(C)n1nc(N2CCCCC2CNC(=O)c2ccc3cc[nH]c3c2)ccc1=O. The molecule has 1 atom stereocenters. The minimum atomic E-state index is -0.0923. The Labute approximate surface area is 169 Å². The van der Waals surface area contributed by atoms with Crippen LogP contribution < -0.4 is 15.8 Å². The Kier molecular flexibility index (Phi) is 5.38. The van der Waals surface area contributed by atoms with Crippen molar-refractivity contribution in [3.63, 3.8) is 0 Å². The summed E-state index contributed by atoms with van der Waals surface area (Å²) in [5.74, 6) is 0.720. The van der Waals surface area contributed by atoms with E-state index in [1.54, 1.807) is 12.1 Å². The second-order valence-corrected chi connectivity index (χ2v) is 7.90. The zero-order chi connectivity index (χ0) is 20.4. The first-order chi connectivity index (χ1) is 14.0. The lowest BCUT2D eigenvalue weighted by Crippen LogP contribution is -2.47. The number of carbonyl (C=O) groups is 1. The van der Waals surface area contributed by atoms with Gasteiger partial charge in [-0.2, -0.15) is 5.10 Å². The predicted octanol–water partition coefficient (Wildman–Crippen LogP) is 3.09. The van der Waals surface area contributed by atoms with Crippen molar-refractivity contribution in [1.29, 1.82) is 0 Å². The highest BCUT2D eigenvalue weighted by Gasteiger charge is 2.25. The molecule has 1 aliphatic rings. The summed E-state index contributed by atoms with van der Waals surface area (Å²) in [4.78, 5) is 30.1. The molecule has 0 aliphatic carbocycles. The van der Waals surface area contributed by atoms with Gasteiger partial charge in [0.2, 0.25) is 0 Å². The van der Waals surface area contributed by atoms with E-state index >= 15 is 0 Å². The molecule has 2 aromatic heterocycles. The normalized spacial score (nSPS) is 17.1. The number of hydrogen-bond acceptors (Lipinski definition) is 4. The summed E-state index contributed by atoms with van der Waals surface area (Å²) in [6.45, 7) is 5.32. The number of carbonyl (C=O) groups excluding carboxylic acids is 1. The number of rotatable bonds is 5. The number of benzene rings is 1. The van der Waals surface area contributed by atoms with Gasteiger partial charge in [-0.25, -0.2) is 4.68 Å². The summed E-state index contributed by atoms with van der Waals surface area (Å²) in [5.41, 5.74) is 1.51. The molecule has 3 heterocycles. The van der Waals surface area contributed by atoms with E-state index in [0.717, 1.165) is 42.5 Å². The van der Waals surface area contributed by atoms with Gasteiger partial charge >= 0.3 is 0 Å². The number of aromatic nitrogens is 3. The van der Waals surface area contributed by atoms with Crippen LogP contribution in [0.3, 0.4) is 0 Å². The Morgan fingerprint density at radius 2 is 2.10 bits per heavy atom. The standard InChI is InChI=1S/C22H27N5O2/c1-15(2)27-21(28)9-8-20(25-27)26-12-4-3-5-18(26)14-24-22(29)17-7-6-16-10-11-23-19(16)13-17/h6-11,13,15,18,23H,3-5,12,14H2,1-2H3,(H,24,29). The average Bonchev–Trinajstić information content (AvgIpc) is 3.20. The van der Waals surface area contributed by atoms with Crippen molar-refractivity contribution in [1.82, 2.24) is 20.1 Å². The fourth-order valence-electron chi connectivity index (χ4n) is 3.95. The number of aromatic amines is 1. The predicted molar refractivity (Wildman–Crippen MR) is 114 cm³/mol. The number of nitrogens with one attached hydrogen (secondary N) is 2. The first-order valence-corrected chi connectivity index (χ1v) is 10.2. The van der Waals surface area contributed by atoms with Crippen molar-refractivity contribution in [2.24, 2.45) is 0 Å². The van der Waals surface area contributed by atoms with E-state index in [1.165, 1.54) is 4.68 Å². The lowest BCUT2D eigenvalue weighted by Gasteiger charge is -2.37. The van der Waals surface area contributed by atoms with Gasteiger partial charge in [0.05, 0.1) is 6.04 Å². The highest BCUT2D eigenvalue weighted by atomic mass is 16.1. The third-order valence-corrected chi connectivity index (χ3v) is 5.54. The van der Waals surface area contributed by atoms with Gasteiger partial charge in [0.15, 0.2) is 0 Å². The van der Waals surface area contributed by atoms with Crippen LogP contribution in [-0.4, -0.2) is 39.8 Å². The largest absolute Gasteiger partial charge is 0.361 e. The lowest BCUT2D eigenvalue weighted by atomic mass is 10.0. The summed E-state index contributed by atoms with van der Waals surface area (Å²) >= 11 is 0. The molecule has 1 unspecified atom stereocenters. The summed E-state index contributed by atoms with van der Waals surface area (Å²) in [5, 5.41) is 8.74. The number of piperidine rings is 1. The smallest absolute Gasteiger partial charge is 0.267 e. The molecule has 0 radical (unpaired) electrons. The fraction of sp³-hybridized carbons (Fsp3) is 0.409. The molecular weight excluding hydrogens is 366 g/mol. The van der Waals surface area contributed by atoms with E-state index in [0.29, 0.717) is 12.1 Å². The van der Waals surface area contributed by atoms with Gasteiger partial charge in [-0.15, -0.1) is 0 Å². The Balaban J connectivity index is 1.48. The van der Waals surface area contributed by atoms with Gasteiger partial charge in [0.25, 0.3) is 11.5 Å². The van der Waals surface area contributed by atoms with E-state index in [1.807, 2.05) is 44.3 Å². The zero-order valence-electron chi connectivity index (χ0n) is 16.9. The molecule has 3 aromatic rings. The number of H-pyrrole nitrogens is 1. The van der Waals surface area contributed by atoms with E-state index < -0.39 is 0 Å². The Bertz CT molecular complexity index is 1070. The molecule has 2 N–H and O–H groups in total. The molecule has 29 heavy (non-hydrogen) atoms. The summed E-state index contributed by atoms with van der Waals surface area (Å²) < 4.78 is 1.52. The molecule has 152 valence electrons. The van der Waals surface area contributed by atoms with E-state index in [4.69, 9.17) is 0 Å². The van der Waals surface area contributed by atoms with E-state index in [2.05, 4.69) is 20.3 Å². The van der Waals surface area contributed by atoms with Crippen molar-refractivity contribution in [3.8, 4) is 0 Å². The van der Waals surface area contributed by atoms with Crippen molar-refractivity contribution >= 4 is 22.6 Å². The number of nitrogens with zero attached hydrogens (tertiary/aromatic N) is 3. The summed E-state index contributed by atoms with van der Waals surface area (Å²) in [6, 6.07) is 11.2. The third-order valence-electron chi connectivity index (χ3n) is 5.54. The monoisotopic (exact) mass is 393 g/mol. The van der Waals surface area contributed by atoms with Crippen LogP contribution in [0.5, 0.6) is 0 Å². The number of fused-ring (bicyclic) bond motifs is 1. The molecular formula is C22H27N5O2. The molecule has 4 rings (SSSR count). The van der Waals surface area contributed by atoms with E-state index in [9.17, 15) is 9.59 Å².